The third kappa shape index (κ3) is 2.72. The number of para-hydroxylation sites is 1. The number of fused-ring (bicyclic) bond motifs is 1. The summed E-state index contributed by atoms with van der Waals surface area (Å²) in [7, 11) is 0. The first-order valence-electron chi connectivity index (χ1n) is 7.95. The number of nitrogens with zero attached hydrogens (tertiary/aromatic N) is 2. The topological polar surface area (TPSA) is 55.6 Å². The fourth-order valence-corrected chi connectivity index (χ4v) is 3.86. The maximum Gasteiger partial charge on any atom is 0.256 e. The molecule has 2 aromatic heterocycles. The lowest BCUT2D eigenvalue weighted by molar-refractivity contribution is -0.0689. The summed E-state index contributed by atoms with van der Waals surface area (Å²) in [5.74, 6) is 0.543. The van der Waals surface area contributed by atoms with Crippen molar-refractivity contribution in [1.29, 1.82) is 0 Å². The lowest BCUT2D eigenvalue weighted by atomic mass is 10.1. The van der Waals surface area contributed by atoms with E-state index in [2.05, 4.69) is 16.4 Å². The Labute approximate surface area is 143 Å². The van der Waals surface area contributed by atoms with Crippen LogP contribution < -0.4 is 0 Å². The fourth-order valence-electron chi connectivity index (χ4n) is 3.16. The molecule has 6 heteroatoms. The lowest BCUT2D eigenvalue weighted by Crippen LogP contribution is -2.45. The van der Waals surface area contributed by atoms with Crippen LogP contribution in [0.25, 0.3) is 11.1 Å². The molecular weight excluding hydrogens is 324 g/mol. The van der Waals surface area contributed by atoms with E-state index in [4.69, 9.17) is 9.15 Å². The van der Waals surface area contributed by atoms with Crippen molar-refractivity contribution in [2.24, 2.45) is 0 Å². The molecule has 3 aromatic rings. The smallest absolute Gasteiger partial charge is 0.256 e. The number of benzene rings is 1. The van der Waals surface area contributed by atoms with E-state index in [1.54, 1.807) is 18.3 Å². The van der Waals surface area contributed by atoms with Crippen LogP contribution in [0.15, 0.2) is 39.4 Å². The van der Waals surface area contributed by atoms with Crippen LogP contribution in [-0.2, 0) is 4.74 Å². The van der Waals surface area contributed by atoms with Gasteiger partial charge in [-0.25, -0.2) is 4.98 Å². The molecule has 0 saturated carbocycles. The van der Waals surface area contributed by atoms with Crippen molar-refractivity contribution in [1.82, 2.24) is 9.88 Å². The van der Waals surface area contributed by atoms with Crippen LogP contribution in [0.3, 0.4) is 0 Å². The van der Waals surface area contributed by atoms with E-state index in [0.717, 1.165) is 5.56 Å². The quantitative estimate of drug-likeness (QED) is 0.711. The minimum absolute atomic E-state index is 0.00847. The number of rotatable bonds is 2. The Morgan fingerprint density at radius 1 is 1.33 bits per heavy atom. The maximum absolute atomic E-state index is 13.1. The standard InChI is InChI=1S/C18H18N2O3S/c1-11-8-20(9-16(22-11)13-6-7-24-10-13)18(21)14-4-3-5-15-17(14)19-12(2)23-15/h3-7,10-11,16H,8-9H2,1-2H3. The zero-order chi connectivity index (χ0) is 16.7. The molecule has 0 spiro atoms. The number of aromatic nitrogens is 1. The zero-order valence-corrected chi connectivity index (χ0v) is 14.4. The number of ether oxygens (including phenoxy) is 1. The van der Waals surface area contributed by atoms with Crippen LogP contribution in [-0.4, -0.2) is 35.0 Å². The molecule has 3 heterocycles. The van der Waals surface area contributed by atoms with Gasteiger partial charge >= 0.3 is 0 Å². The van der Waals surface area contributed by atoms with Gasteiger partial charge in [0.1, 0.15) is 11.6 Å². The van der Waals surface area contributed by atoms with Crippen molar-refractivity contribution in [3.63, 3.8) is 0 Å². The first-order valence-corrected chi connectivity index (χ1v) is 8.89. The van der Waals surface area contributed by atoms with Crippen LogP contribution in [0, 0.1) is 6.92 Å². The second-order valence-electron chi connectivity index (χ2n) is 6.09. The second kappa shape index (κ2) is 6.03. The molecular formula is C18H18N2O3S. The summed E-state index contributed by atoms with van der Waals surface area (Å²) in [4.78, 5) is 19.3. The Morgan fingerprint density at radius 2 is 2.21 bits per heavy atom. The van der Waals surface area contributed by atoms with Crippen molar-refractivity contribution in [3.8, 4) is 0 Å². The molecule has 0 aliphatic carbocycles. The van der Waals surface area contributed by atoms with E-state index < -0.39 is 0 Å². The summed E-state index contributed by atoms with van der Waals surface area (Å²) < 4.78 is 11.6. The number of hydrogen-bond donors (Lipinski definition) is 0. The molecule has 1 amide bonds. The van der Waals surface area contributed by atoms with Crippen molar-refractivity contribution >= 4 is 28.3 Å². The fraction of sp³-hybridized carbons (Fsp3) is 0.333. The summed E-state index contributed by atoms with van der Waals surface area (Å²) >= 11 is 1.64. The minimum Gasteiger partial charge on any atom is -0.441 e. The molecule has 0 radical (unpaired) electrons. The molecule has 1 fully saturated rings. The first kappa shape index (κ1) is 15.4. The molecule has 2 atom stereocenters. The number of amides is 1. The van der Waals surface area contributed by atoms with Crippen LogP contribution >= 0.6 is 11.3 Å². The highest BCUT2D eigenvalue weighted by atomic mass is 32.1. The van der Waals surface area contributed by atoms with Gasteiger partial charge in [0.2, 0.25) is 0 Å². The zero-order valence-electron chi connectivity index (χ0n) is 13.6. The largest absolute Gasteiger partial charge is 0.441 e. The molecule has 4 rings (SSSR count). The molecule has 2 unspecified atom stereocenters. The van der Waals surface area contributed by atoms with E-state index in [1.807, 2.05) is 35.4 Å². The van der Waals surface area contributed by atoms with E-state index in [-0.39, 0.29) is 18.1 Å². The summed E-state index contributed by atoms with van der Waals surface area (Å²) in [5.41, 5.74) is 2.99. The van der Waals surface area contributed by atoms with Gasteiger partial charge in [-0.15, -0.1) is 0 Å². The van der Waals surface area contributed by atoms with Gasteiger partial charge in [-0.1, -0.05) is 6.07 Å². The molecule has 0 N–H and O–H groups in total. The maximum atomic E-state index is 13.1. The van der Waals surface area contributed by atoms with Crippen molar-refractivity contribution in [3.05, 3.63) is 52.0 Å². The average Bonchev–Trinajstić information content (AvgIpc) is 3.21. The first-order chi connectivity index (χ1) is 11.6. The Bertz CT molecular complexity index is 872. The molecule has 124 valence electrons. The highest BCUT2D eigenvalue weighted by Gasteiger charge is 2.31. The molecule has 1 aliphatic heterocycles. The molecule has 1 aromatic carbocycles. The number of carbonyl (C=O) groups excluding carboxylic acids is 1. The number of hydrogen-bond acceptors (Lipinski definition) is 5. The van der Waals surface area contributed by atoms with Crippen molar-refractivity contribution < 1.29 is 13.9 Å². The monoisotopic (exact) mass is 342 g/mol. The Balaban J connectivity index is 1.65. The normalized spacial score (nSPS) is 21.3. The van der Waals surface area contributed by atoms with Crippen molar-refractivity contribution in [2.75, 3.05) is 13.1 Å². The summed E-state index contributed by atoms with van der Waals surface area (Å²) in [6, 6.07) is 7.53. The number of morpholine rings is 1. The third-order valence-corrected chi connectivity index (χ3v) is 4.92. The molecule has 5 nitrogen and oxygen atoms in total. The number of thiophene rings is 1. The van der Waals surface area contributed by atoms with Crippen LogP contribution in [0.4, 0.5) is 0 Å². The summed E-state index contributed by atoms with van der Waals surface area (Å²) in [6.07, 6.45) is -0.0898. The van der Waals surface area contributed by atoms with Gasteiger partial charge in [0.25, 0.3) is 5.91 Å². The van der Waals surface area contributed by atoms with Gasteiger partial charge in [0.05, 0.1) is 18.2 Å². The second-order valence-corrected chi connectivity index (χ2v) is 6.87. The van der Waals surface area contributed by atoms with Crippen LogP contribution in [0.1, 0.15) is 34.8 Å². The Hall–Kier alpha value is -2.18. The number of oxazole rings is 1. The van der Waals surface area contributed by atoms with Crippen molar-refractivity contribution in [2.45, 2.75) is 26.1 Å². The van der Waals surface area contributed by atoms with E-state index >= 15 is 0 Å². The van der Waals surface area contributed by atoms with Gasteiger partial charge in [-0.05, 0) is 41.4 Å². The van der Waals surface area contributed by atoms with E-state index in [9.17, 15) is 4.79 Å². The molecule has 1 aliphatic rings. The van der Waals surface area contributed by atoms with Gasteiger partial charge in [-0.2, -0.15) is 11.3 Å². The highest BCUT2D eigenvalue weighted by molar-refractivity contribution is 7.07. The van der Waals surface area contributed by atoms with E-state index in [0.29, 0.717) is 35.6 Å². The van der Waals surface area contributed by atoms with E-state index in [1.165, 1.54) is 0 Å². The van der Waals surface area contributed by atoms with Gasteiger partial charge in [-0.3, -0.25) is 4.79 Å². The molecule has 1 saturated heterocycles. The number of carbonyl (C=O) groups is 1. The third-order valence-electron chi connectivity index (χ3n) is 4.22. The van der Waals surface area contributed by atoms with Crippen LogP contribution in [0.5, 0.6) is 0 Å². The van der Waals surface area contributed by atoms with Gasteiger partial charge < -0.3 is 14.1 Å². The minimum atomic E-state index is -0.0813. The predicted molar refractivity (Wildman–Crippen MR) is 92.3 cm³/mol. The lowest BCUT2D eigenvalue weighted by Gasteiger charge is -2.36. The predicted octanol–water partition coefficient (Wildman–Crippen LogP) is 3.80. The summed E-state index contributed by atoms with van der Waals surface area (Å²) in [5, 5.41) is 4.11. The molecule has 24 heavy (non-hydrogen) atoms. The van der Waals surface area contributed by atoms with Gasteiger partial charge in [0, 0.05) is 13.5 Å². The average molecular weight is 342 g/mol. The highest BCUT2D eigenvalue weighted by Crippen LogP contribution is 2.29. The Morgan fingerprint density at radius 3 is 3.00 bits per heavy atom. The SMILES string of the molecule is Cc1nc2c(C(=O)N3CC(C)OC(c4ccsc4)C3)cccc2o1. The van der Waals surface area contributed by atoms with Gasteiger partial charge in [0.15, 0.2) is 11.5 Å². The summed E-state index contributed by atoms with van der Waals surface area (Å²) in [6.45, 7) is 4.91. The number of aryl methyl sites for hydroxylation is 1. The van der Waals surface area contributed by atoms with Crippen LogP contribution in [0.2, 0.25) is 0 Å². The Kier molecular flexibility index (Phi) is 3.86. The molecule has 0 bridgehead atoms.